The van der Waals surface area contributed by atoms with Crippen molar-refractivity contribution in [1.29, 1.82) is 0 Å². The summed E-state index contributed by atoms with van der Waals surface area (Å²) in [7, 11) is 0. The first-order valence-electron chi connectivity index (χ1n) is 5.11. The molecule has 2 rings (SSSR count). The van der Waals surface area contributed by atoms with Gasteiger partial charge in [0.1, 0.15) is 0 Å². The number of rotatable bonds is 2. The number of furan rings is 1. The second-order valence-electron chi connectivity index (χ2n) is 3.95. The van der Waals surface area contributed by atoms with Gasteiger partial charge >= 0.3 is 0 Å². The Morgan fingerprint density at radius 3 is 3.15 bits per heavy atom. The second kappa shape index (κ2) is 3.97. The van der Waals surface area contributed by atoms with Crippen molar-refractivity contribution in [2.45, 2.75) is 38.8 Å². The fraction of sp³-hybridized carbons (Fsp3) is 0.636. The van der Waals surface area contributed by atoms with Crippen LogP contribution in [0.4, 0.5) is 0 Å². The van der Waals surface area contributed by atoms with Gasteiger partial charge in [-0.25, -0.2) is 0 Å². The van der Waals surface area contributed by atoms with Crippen LogP contribution < -0.4 is 0 Å². The Morgan fingerprint density at radius 1 is 1.54 bits per heavy atom. The monoisotopic (exact) mass is 179 g/mol. The van der Waals surface area contributed by atoms with E-state index in [0.29, 0.717) is 0 Å². The van der Waals surface area contributed by atoms with E-state index in [-0.39, 0.29) is 0 Å². The van der Waals surface area contributed by atoms with Crippen LogP contribution in [0.1, 0.15) is 31.7 Å². The molecule has 2 heteroatoms. The molecule has 0 aromatic carbocycles. The summed E-state index contributed by atoms with van der Waals surface area (Å²) < 4.78 is 5.06. The van der Waals surface area contributed by atoms with Crippen LogP contribution >= 0.6 is 0 Å². The number of nitrogens with zero attached hydrogens (tertiary/aromatic N) is 1. The smallest absolute Gasteiger partial charge is 0.0947 e. The fourth-order valence-electron chi connectivity index (χ4n) is 2.01. The zero-order valence-electron chi connectivity index (χ0n) is 8.20. The largest absolute Gasteiger partial charge is 0.472 e. The fourth-order valence-corrected chi connectivity index (χ4v) is 2.01. The summed E-state index contributed by atoms with van der Waals surface area (Å²) in [5.41, 5.74) is 1.30. The Balaban J connectivity index is 1.93. The standard InChI is InChI=1S/C11H17NO/c1-10-4-2-3-6-12(10)8-11-5-7-13-9-11/h5,7,9-10H,2-4,6,8H2,1H3. The molecule has 1 saturated heterocycles. The molecule has 0 amide bonds. The topological polar surface area (TPSA) is 16.4 Å². The molecule has 0 radical (unpaired) electrons. The molecule has 1 aromatic heterocycles. The lowest BCUT2D eigenvalue weighted by atomic mass is 10.0. The first-order chi connectivity index (χ1) is 6.36. The Bertz CT molecular complexity index is 243. The lowest BCUT2D eigenvalue weighted by Crippen LogP contribution is -2.36. The summed E-state index contributed by atoms with van der Waals surface area (Å²) in [6, 6.07) is 2.80. The third-order valence-electron chi connectivity index (χ3n) is 2.91. The summed E-state index contributed by atoms with van der Waals surface area (Å²) in [6.07, 6.45) is 7.69. The van der Waals surface area contributed by atoms with Crippen molar-refractivity contribution >= 4 is 0 Å². The van der Waals surface area contributed by atoms with Crippen LogP contribution in [0.3, 0.4) is 0 Å². The minimum Gasteiger partial charge on any atom is -0.472 e. The Hall–Kier alpha value is -0.760. The first kappa shape index (κ1) is 8.82. The predicted molar refractivity (Wildman–Crippen MR) is 52.4 cm³/mol. The highest BCUT2D eigenvalue weighted by Crippen LogP contribution is 2.18. The molecule has 1 atom stereocenters. The lowest BCUT2D eigenvalue weighted by Gasteiger charge is -2.32. The Kier molecular flexibility index (Phi) is 2.69. The number of hydrogen-bond donors (Lipinski definition) is 0. The molecule has 13 heavy (non-hydrogen) atoms. The number of hydrogen-bond acceptors (Lipinski definition) is 2. The molecule has 2 nitrogen and oxygen atoms in total. The quantitative estimate of drug-likeness (QED) is 0.694. The number of likely N-dealkylation sites (tertiary alicyclic amines) is 1. The molecule has 1 unspecified atom stereocenters. The summed E-state index contributed by atoms with van der Waals surface area (Å²) >= 11 is 0. The average Bonchev–Trinajstić information content (AvgIpc) is 2.61. The van der Waals surface area contributed by atoms with Gasteiger partial charge in [-0.3, -0.25) is 4.90 Å². The third-order valence-corrected chi connectivity index (χ3v) is 2.91. The van der Waals surface area contributed by atoms with Crippen molar-refractivity contribution in [1.82, 2.24) is 4.90 Å². The molecular formula is C11H17NO. The third kappa shape index (κ3) is 2.13. The van der Waals surface area contributed by atoms with Crippen LogP contribution in [0.5, 0.6) is 0 Å². The maximum absolute atomic E-state index is 5.06. The highest BCUT2D eigenvalue weighted by atomic mass is 16.3. The summed E-state index contributed by atoms with van der Waals surface area (Å²) in [5.74, 6) is 0. The maximum atomic E-state index is 5.06. The molecule has 1 aliphatic rings. The van der Waals surface area contributed by atoms with E-state index >= 15 is 0 Å². The van der Waals surface area contributed by atoms with Crippen molar-refractivity contribution < 1.29 is 4.42 Å². The van der Waals surface area contributed by atoms with Gasteiger partial charge < -0.3 is 4.42 Å². The molecular weight excluding hydrogens is 162 g/mol. The second-order valence-corrected chi connectivity index (χ2v) is 3.95. The average molecular weight is 179 g/mol. The molecule has 0 aliphatic carbocycles. The van der Waals surface area contributed by atoms with Crippen LogP contribution in [0.15, 0.2) is 23.0 Å². The molecule has 72 valence electrons. The molecule has 0 N–H and O–H groups in total. The van der Waals surface area contributed by atoms with Gasteiger partial charge in [0.05, 0.1) is 12.5 Å². The van der Waals surface area contributed by atoms with Crippen molar-refractivity contribution in [3.8, 4) is 0 Å². The highest BCUT2D eigenvalue weighted by molar-refractivity contribution is 5.05. The zero-order chi connectivity index (χ0) is 9.10. The van der Waals surface area contributed by atoms with Crippen LogP contribution in [0.2, 0.25) is 0 Å². The Labute approximate surface area is 79.5 Å². The maximum Gasteiger partial charge on any atom is 0.0947 e. The normalized spacial score (nSPS) is 24.8. The van der Waals surface area contributed by atoms with Crippen molar-refractivity contribution in [3.05, 3.63) is 24.2 Å². The lowest BCUT2D eigenvalue weighted by molar-refractivity contribution is 0.152. The van der Waals surface area contributed by atoms with Crippen molar-refractivity contribution in [2.24, 2.45) is 0 Å². The van der Waals surface area contributed by atoms with Gasteiger partial charge in [-0.05, 0) is 32.4 Å². The van der Waals surface area contributed by atoms with E-state index in [4.69, 9.17) is 4.42 Å². The summed E-state index contributed by atoms with van der Waals surface area (Å²) in [5, 5.41) is 0. The molecule has 1 aliphatic heterocycles. The van der Waals surface area contributed by atoms with Gasteiger partial charge in [-0.2, -0.15) is 0 Å². The SMILES string of the molecule is CC1CCCCN1Cc1ccoc1. The minimum absolute atomic E-state index is 0.739. The van der Waals surface area contributed by atoms with Gasteiger partial charge in [0.25, 0.3) is 0 Å². The van der Waals surface area contributed by atoms with Crippen LogP contribution in [-0.2, 0) is 6.54 Å². The van der Waals surface area contributed by atoms with Gasteiger partial charge in [0, 0.05) is 18.2 Å². The minimum atomic E-state index is 0.739. The van der Waals surface area contributed by atoms with Gasteiger partial charge in [0.2, 0.25) is 0 Å². The van der Waals surface area contributed by atoms with Gasteiger partial charge in [-0.15, -0.1) is 0 Å². The van der Waals surface area contributed by atoms with Crippen molar-refractivity contribution in [2.75, 3.05) is 6.54 Å². The van der Waals surface area contributed by atoms with Gasteiger partial charge in [-0.1, -0.05) is 6.42 Å². The van der Waals surface area contributed by atoms with Crippen LogP contribution in [0, 0.1) is 0 Å². The van der Waals surface area contributed by atoms with E-state index in [1.807, 2.05) is 6.26 Å². The predicted octanol–water partition coefficient (Wildman–Crippen LogP) is 2.65. The molecule has 2 heterocycles. The first-order valence-corrected chi connectivity index (χ1v) is 5.11. The molecule has 0 bridgehead atoms. The van der Waals surface area contributed by atoms with E-state index < -0.39 is 0 Å². The van der Waals surface area contributed by atoms with E-state index in [0.717, 1.165) is 12.6 Å². The van der Waals surface area contributed by atoms with E-state index in [1.165, 1.54) is 31.4 Å². The van der Waals surface area contributed by atoms with E-state index in [1.54, 1.807) is 6.26 Å². The molecule has 0 spiro atoms. The van der Waals surface area contributed by atoms with E-state index in [2.05, 4.69) is 17.9 Å². The van der Waals surface area contributed by atoms with Crippen LogP contribution in [0.25, 0.3) is 0 Å². The molecule has 0 saturated carbocycles. The molecule has 1 fully saturated rings. The van der Waals surface area contributed by atoms with Crippen molar-refractivity contribution in [3.63, 3.8) is 0 Å². The number of piperidine rings is 1. The van der Waals surface area contributed by atoms with Crippen LogP contribution in [-0.4, -0.2) is 17.5 Å². The summed E-state index contributed by atoms with van der Waals surface area (Å²) in [4.78, 5) is 2.54. The Morgan fingerprint density at radius 2 is 2.46 bits per heavy atom. The zero-order valence-corrected chi connectivity index (χ0v) is 8.20. The summed E-state index contributed by atoms with van der Waals surface area (Å²) in [6.45, 7) is 4.61. The highest BCUT2D eigenvalue weighted by Gasteiger charge is 2.18. The van der Waals surface area contributed by atoms with Gasteiger partial charge in [0.15, 0.2) is 0 Å². The van der Waals surface area contributed by atoms with E-state index in [9.17, 15) is 0 Å². The molecule has 1 aromatic rings.